The number of carbonyl (C=O) groups excluding carboxylic acids is 1. The number of piperazine rings is 1. The summed E-state index contributed by atoms with van der Waals surface area (Å²) in [6, 6.07) is 20.1. The van der Waals surface area contributed by atoms with E-state index >= 15 is 0 Å². The van der Waals surface area contributed by atoms with Crippen molar-refractivity contribution in [2.45, 2.75) is 30.4 Å². The molecule has 0 unspecified atom stereocenters. The SMILES string of the molecule is O=C(NCc1ccccc1)c1ccc(N2CCN(S(=O)(=O)c3ccccc3N3CCC(O)CC3)CC2)nn1. The first kappa shape index (κ1) is 26.1. The van der Waals surface area contributed by atoms with Crippen LogP contribution in [0.3, 0.4) is 0 Å². The smallest absolute Gasteiger partial charge is 0.272 e. The molecule has 10 nitrogen and oxygen atoms in total. The second kappa shape index (κ2) is 11.5. The quantitative estimate of drug-likeness (QED) is 0.470. The van der Waals surface area contributed by atoms with E-state index in [1.165, 1.54) is 4.31 Å². The number of sulfonamides is 1. The molecule has 5 rings (SSSR count). The lowest BCUT2D eigenvalue weighted by atomic mass is 10.1. The lowest BCUT2D eigenvalue weighted by Gasteiger charge is -2.36. The van der Waals surface area contributed by atoms with Crippen LogP contribution < -0.4 is 15.1 Å². The molecule has 2 N–H and O–H groups in total. The molecule has 1 amide bonds. The van der Waals surface area contributed by atoms with Crippen molar-refractivity contribution in [2.24, 2.45) is 0 Å². The molecule has 0 spiro atoms. The molecule has 3 heterocycles. The van der Waals surface area contributed by atoms with E-state index in [-0.39, 0.29) is 17.7 Å². The van der Waals surface area contributed by atoms with Crippen LogP contribution in [-0.2, 0) is 16.6 Å². The van der Waals surface area contributed by atoms with Crippen molar-refractivity contribution in [1.29, 1.82) is 0 Å². The number of hydrogen-bond donors (Lipinski definition) is 2. The maximum atomic E-state index is 13.6. The number of nitrogens with one attached hydrogen (secondary N) is 1. The third-order valence-corrected chi connectivity index (χ3v) is 8.98. The van der Waals surface area contributed by atoms with E-state index in [1.54, 1.807) is 24.3 Å². The number of aliphatic hydroxyl groups excluding tert-OH is 1. The Labute approximate surface area is 223 Å². The van der Waals surface area contributed by atoms with E-state index in [4.69, 9.17) is 0 Å². The standard InChI is InChI=1S/C27H32N6O4S/c34-22-12-14-31(15-13-22)24-8-4-5-9-25(24)38(36,37)33-18-16-32(17-19-33)26-11-10-23(29-30-26)27(35)28-20-21-6-2-1-3-7-21/h1-11,22,34H,12-20H2,(H,28,35). The molecule has 0 bridgehead atoms. The van der Waals surface area contributed by atoms with Crippen LogP contribution in [0, 0.1) is 0 Å². The number of amides is 1. The van der Waals surface area contributed by atoms with Gasteiger partial charge in [-0.2, -0.15) is 4.31 Å². The van der Waals surface area contributed by atoms with Gasteiger partial charge in [-0.05, 0) is 42.7 Å². The number of nitrogens with zero attached hydrogens (tertiary/aromatic N) is 5. The number of aromatic nitrogens is 2. The van der Waals surface area contributed by atoms with Crippen LogP contribution in [0.25, 0.3) is 0 Å². The minimum Gasteiger partial charge on any atom is -0.393 e. The molecule has 1 aromatic heterocycles. The summed E-state index contributed by atoms with van der Waals surface area (Å²) in [5.41, 5.74) is 1.91. The van der Waals surface area contributed by atoms with Crippen LogP contribution in [-0.4, -0.2) is 79.3 Å². The van der Waals surface area contributed by atoms with Crippen LogP contribution in [0.4, 0.5) is 11.5 Å². The third kappa shape index (κ3) is 5.79. The summed E-state index contributed by atoms with van der Waals surface area (Å²) in [6.45, 7) is 3.22. The molecule has 11 heteroatoms. The van der Waals surface area contributed by atoms with Gasteiger partial charge in [-0.15, -0.1) is 10.2 Å². The number of anilines is 2. The molecule has 2 saturated heterocycles. The molecular weight excluding hydrogens is 504 g/mol. The van der Waals surface area contributed by atoms with Gasteiger partial charge in [0.05, 0.1) is 11.8 Å². The summed E-state index contributed by atoms with van der Waals surface area (Å²) in [6.07, 6.45) is 0.923. The highest BCUT2D eigenvalue weighted by Gasteiger charge is 2.32. The van der Waals surface area contributed by atoms with Crippen LogP contribution in [0.15, 0.2) is 71.6 Å². The predicted octanol–water partition coefficient (Wildman–Crippen LogP) is 1.88. The summed E-state index contributed by atoms with van der Waals surface area (Å²) >= 11 is 0. The first-order chi connectivity index (χ1) is 18.4. The molecule has 2 fully saturated rings. The van der Waals surface area contributed by atoms with E-state index in [0.29, 0.717) is 75.1 Å². The molecule has 38 heavy (non-hydrogen) atoms. The monoisotopic (exact) mass is 536 g/mol. The lowest BCUT2D eigenvalue weighted by Crippen LogP contribution is -2.49. The van der Waals surface area contributed by atoms with Gasteiger partial charge in [-0.1, -0.05) is 42.5 Å². The van der Waals surface area contributed by atoms with Crippen LogP contribution in [0.1, 0.15) is 28.9 Å². The Hall–Kier alpha value is -3.54. The maximum absolute atomic E-state index is 13.6. The third-order valence-electron chi connectivity index (χ3n) is 7.03. The first-order valence-corrected chi connectivity index (χ1v) is 14.3. The largest absolute Gasteiger partial charge is 0.393 e. The van der Waals surface area contributed by atoms with Gasteiger partial charge in [0.15, 0.2) is 11.5 Å². The van der Waals surface area contributed by atoms with Crippen molar-refractivity contribution >= 4 is 27.4 Å². The number of hydrogen-bond acceptors (Lipinski definition) is 8. The summed E-state index contributed by atoms with van der Waals surface area (Å²) in [5.74, 6) is 0.305. The molecule has 0 aliphatic carbocycles. The number of carbonyl (C=O) groups is 1. The van der Waals surface area contributed by atoms with Gasteiger partial charge in [-0.3, -0.25) is 4.79 Å². The Morgan fingerprint density at radius 2 is 1.53 bits per heavy atom. The van der Waals surface area contributed by atoms with Crippen molar-refractivity contribution in [3.63, 3.8) is 0 Å². The van der Waals surface area contributed by atoms with Crippen molar-refractivity contribution in [3.05, 3.63) is 78.0 Å². The van der Waals surface area contributed by atoms with Crippen molar-refractivity contribution < 1.29 is 18.3 Å². The highest BCUT2D eigenvalue weighted by molar-refractivity contribution is 7.89. The Balaban J connectivity index is 1.20. The first-order valence-electron chi connectivity index (χ1n) is 12.8. The average Bonchev–Trinajstić information content (AvgIpc) is 2.97. The summed E-state index contributed by atoms with van der Waals surface area (Å²) in [5, 5.41) is 21.0. The minimum absolute atomic E-state index is 0.229. The van der Waals surface area contributed by atoms with Crippen LogP contribution >= 0.6 is 0 Å². The molecule has 200 valence electrons. The number of piperidine rings is 1. The van der Waals surface area contributed by atoms with E-state index in [2.05, 4.69) is 15.5 Å². The second-order valence-electron chi connectivity index (χ2n) is 9.52. The van der Waals surface area contributed by atoms with Crippen molar-refractivity contribution in [3.8, 4) is 0 Å². The van der Waals surface area contributed by atoms with Crippen LogP contribution in [0.5, 0.6) is 0 Å². The van der Waals surface area contributed by atoms with Crippen molar-refractivity contribution in [2.75, 3.05) is 49.1 Å². The fourth-order valence-corrected chi connectivity index (χ4v) is 6.46. The van der Waals surface area contributed by atoms with Gasteiger partial charge < -0.3 is 20.2 Å². The van der Waals surface area contributed by atoms with Gasteiger partial charge in [-0.25, -0.2) is 8.42 Å². The second-order valence-corrected chi connectivity index (χ2v) is 11.4. The molecular formula is C27H32N6O4S. The molecule has 2 aliphatic heterocycles. The number of para-hydroxylation sites is 1. The summed E-state index contributed by atoms with van der Waals surface area (Å²) in [4.78, 5) is 16.8. The van der Waals surface area contributed by atoms with E-state index in [1.807, 2.05) is 52.3 Å². The topological polar surface area (TPSA) is 119 Å². The fourth-order valence-electron chi connectivity index (χ4n) is 4.82. The van der Waals surface area contributed by atoms with Gasteiger partial charge in [0.25, 0.3) is 5.91 Å². The predicted molar refractivity (Wildman–Crippen MR) is 145 cm³/mol. The zero-order valence-electron chi connectivity index (χ0n) is 21.1. The molecule has 0 radical (unpaired) electrons. The molecule has 0 atom stereocenters. The number of benzene rings is 2. The van der Waals surface area contributed by atoms with E-state index < -0.39 is 10.0 Å². The van der Waals surface area contributed by atoms with E-state index in [9.17, 15) is 18.3 Å². The zero-order valence-corrected chi connectivity index (χ0v) is 21.9. The molecule has 2 aliphatic rings. The Kier molecular flexibility index (Phi) is 7.87. The lowest BCUT2D eigenvalue weighted by molar-refractivity contribution is 0.0945. The van der Waals surface area contributed by atoms with Crippen molar-refractivity contribution in [1.82, 2.24) is 19.8 Å². The Morgan fingerprint density at radius 3 is 2.21 bits per heavy atom. The fraction of sp³-hybridized carbons (Fsp3) is 0.370. The van der Waals surface area contributed by atoms with E-state index in [0.717, 1.165) is 5.56 Å². The summed E-state index contributed by atoms with van der Waals surface area (Å²) in [7, 11) is -3.69. The van der Waals surface area contributed by atoms with Gasteiger partial charge in [0, 0.05) is 45.8 Å². The molecule has 3 aromatic rings. The van der Waals surface area contributed by atoms with Gasteiger partial charge in [0.1, 0.15) is 4.90 Å². The Morgan fingerprint density at radius 1 is 0.842 bits per heavy atom. The average molecular weight is 537 g/mol. The maximum Gasteiger partial charge on any atom is 0.272 e. The highest BCUT2D eigenvalue weighted by atomic mass is 32.2. The van der Waals surface area contributed by atoms with Gasteiger partial charge >= 0.3 is 0 Å². The zero-order chi connectivity index (χ0) is 26.5. The summed E-state index contributed by atoms with van der Waals surface area (Å²) < 4.78 is 28.7. The van der Waals surface area contributed by atoms with Gasteiger partial charge in [0.2, 0.25) is 10.0 Å². The normalized spacial score (nSPS) is 17.4. The van der Waals surface area contributed by atoms with Crippen LogP contribution in [0.2, 0.25) is 0 Å². The number of aliphatic hydroxyl groups is 1. The highest BCUT2D eigenvalue weighted by Crippen LogP contribution is 2.30. The molecule has 0 saturated carbocycles. The Bertz CT molecular complexity index is 1340. The number of rotatable bonds is 7. The minimum atomic E-state index is -3.69. The molecule has 2 aromatic carbocycles.